The fourth-order valence-corrected chi connectivity index (χ4v) is 2.28. The molecule has 0 radical (unpaired) electrons. The summed E-state index contributed by atoms with van der Waals surface area (Å²) in [6.07, 6.45) is 5.29. The van der Waals surface area contributed by atoms with Crippen LogP contribution in [0.2, 0.25) is 0 Å². The molecule has 1 aliphatic carbocycles. The van der Waals surface area contributed by atoms with Crippen LogP contribution in [0.25, 0.3) is 0 Å². The SMILES string of the molecule is CC(NCCC1CCC1)c1ccc(F)cc1O. The van der Waals surface area contributed by atoms with Crippen LogP contribution in [0.4, 0.5) is 4.39 Å². The number of phenolic OH excluding ortho intramolecular Hbond substituents is 1. The first-order valence-corrected chi connectivity index (χ1v) is 6.38. The number of phenols is 1. The first kappa shape index (κ1) is 12.4. The third-order valence-electron chi connectivity index (χ3n) is 3.69. The molecule has 2 N–H and O–H groups in total. The molecule has 1 aliphatic rings. The zero-order valence-corrected chi connectivity index (χ0v) is 10.2. The Morgan fingerprint density at radius 2 is 2.24 bits per heavy atom. The Kier molecular flexibility index (Phi) is 4.00. The van der Waals surface area contributed by atoms with Gasteiger partial charge in [0.2, 0.25) is 0 Å². The lowest BCUT2D eigenvalue weighted by Crippen LogP contribution is -2.24. The van der Waals surface area contributed by atoms with Gasteiger partial charge in [0, 0.05) is 17.7 Å². The Morgan fingerprint density at radius 3 is 2.82 bits per heavy atom. The summed E-state index contributed by atoms with van der Waals surface area (Å²) in [5, 5.41) is 13.0. The fraction of sp³-hybridized carbons (Fsp3) is 0.571. The van der Waals surface area contributed by atoms with Crippen molar-refractivity contribution >= 4 is 0 Å². The minimum absolute atomic E-state index is 0.0358. The van der Waals surface area contributed by atoms with Crippen LogP contribution in [0.5, 0.6) is 5.75 Å². The Hall–Kier alpha value is -1.09. The summed E-state index contributed by atoms with van der Waals surface area (Å²) in [4.78, 5) is 0. The summed E-state index contributed by atoms with van der Waals surface area (Å²) in [6.45, 7) is 2.95. The van der Waals surface area contributed by atoms with Crippen molar-refractivity contribution < 1.29 is 9.50 Å². The van der Waals surface area contributed by atoms with E-state index in [1.54, 1.807) is 6.07 Å². The van der Waals surface area contributed by atoms with Gasteiger partial charge < -0.3 is 10.4 Å². The summed E-state index contributed by atoms with van der Waals surface area (Å²) in [7, 11) is 0. The molecule has 0 heterocycles. The van der Waals surface area contributed by atoms with Crippen molar-refractivity contribution in [3.05, 3.63) is 29.6 Å². The van der Waals surface area contributed by atoms with Crippen molar-refractivity contribution in [1.29, 1.82) is 0 Å². The zero-order valence-electron chi connectivity index (χ0n) is 10.2. The van der Waals surface area contributed by atoms with Gasteiger partial charge in [-0.2, -0.15) is 0 Å². The molecule has 17 heavy (non-hydrogen) atoms. The second-order valence-electron chi connectivity index (χ2n) is 4.96. The predicted molar refractivity (Wildman–Crippen MR) is 66.4 cm³/mol. The average Bonchev–Trinajstić information content (AvgIpc) is 2.21. The van der Waals surface area contributed by atoms with Gasteiger partial charge in [-0.05, 0) is 31.9 Å². The average molecular weight is 237 g/mol. The minimum atomic E-state index is -0.395. The lowest BCUT2D eigenvalue weighted by molar-refractivity contribution is 0.288. The number of halogens is 1. The fourth-order valence-electron chi connectivity index (χ4n) is 2.28. The van der Waals surface area contributed by atoms with Crippen LogP contribution < -0.4 is 5.32 Å². The standard InChI is InChI=1S/C14H20FNO/c1-10(16-8-7-11-3-2-4-11)13-6-5-12(15)9-14(13)17/h5-6,9-11,16-17H,2-4,7-8H2,1H3. The van der Waals surface area contributed by atoms with Gasteiger partial charge >= 0.3 is 0 Å². The topological polar surface area (TPSA) is 32.3 Å². The lowest BCUT2D eigenvalue weighted by atomic mass is 9.83. The number of aromatic hydroxyl groups is 1. The highest BCUT2D eigenvalue weighted by molar-refractivity contribution is 5.34. The maximum Gasteiger partial charge on any atom is 0.126 e. The van der Waals surface area contributed by atoms with E-state index in [2.05, 4.69) is 5.32 Å². The molecule has 1 aromatic carbocycles. The number of hydrogen-bond donors (Lipinski definition) is 2. The monoisotopic (exact) mass is 237 g/mol. The van der Waals surface area contributed by atoms with Gasteiger partial charge in [0.25, 0.3) is 0 Å². The highest BCUT2D eigenvalue weighted by Gasteiger charge is 2.17. The van der Waals surface area contributed by atoms with Gasteiger partial charge in [0.1, 0.15) is 11.6 Å². The highest BCUT2D eigenvalue weighted by Crippen LogP contribution is 2.29. The van der Waals surface area contributed by atoms with Gasteiger partial charge in [0.05, 0.1) is 0 Å². The van der Waals surface area contributed by atoms with Crippen molar-refractivity contribution in [3.8, 4) is 5.75 Å². The highest BCUT2D eigenvalue weighted by atomic mass is 19.1. The lowest BCUT2D eigenvalue weighted by Gasteiger charge is -2.26. The van der Waals surface area contributed by atoms with Crippen LogP contribution >= 0.6 is 0 Å². The van der Waals surface area contributed by atoms with Crippen molar-refractivity contribution in [1.82, 2.24) is 5.32 Å². The molecule has 1 unspecified atom stereocenters. The van der Waals surface area contributed by atoms with Crippen molar-refractivity contribution in [3.63, 3.8) is 0 Å². The number of rotatable bonds is 5. The van der Waals surface area contributed by atoms with E-state index >= 15 is 0 Å². The van der Waals surface area contributed by atoms with E-state index in [0.29, 0.717) is 0 Å². The third kappa shape index (κ3) is 3.19. The van der Waals surface area contributed by atoms with E-state index < -0.39 is 5.82 Å². The van der Waals surface area contributed by atoms with Gasteiger partial charge in [-0.25, -0.2) is 4.39 Å². The van der Waals surface area contributed by atoms with Crippen molar-refractivity contribution in [2.75, 3.05) is 6.54 Å². The second kappa shape index (κ2) is 5.50. The summed E-state index contributed by atoms with van der Waals surface area (Å²) >= 11 is 0. The van der Waals surface area contributed by atoms with Gasteiger partial charge in [-0.1, -0.05) is 25.3 Å². The molecule has 0 saturated heterocycles. The second-order valence-corrected chi connectivity index (χ2v) is 4.96. The van der Waals surface area contributed by atoms with Crippen LogP contribution in [0, 0.1) is 11.7 Å². The third-order valence-corrected chi connectivity index (χ3v) is 3.69. The Morgan fingerprint density at radius 1 is 1.47 bits per heavy atom. The smallest absolute Gasteiger partial charge is 0.126 e. The van der Waals surface area contributed by atoms with E-state index in [4.69, 9.17) is 0 Å². The van der Waals surface area contributed by atoms with Crippen LogP contribution in [0.1, 0.15) is 44.2 Å². The Balaban J connectivity index is 1.83. The normalized spacial score (nSPS) is 17.8. The largest absolute Gasteiger partial charge is 0.508 e. The van der Waals surface area contributed by atoms with E-state index in [-0.39, 0.29) is 11.8 Å². The summed E-state index contributed by atoms with van der Waals surface area (Å²) in [5.41, 5.74) is 0.764. The van der Waals surface area contributed by atoms with Gasteiger partial charge in [-0.15, -0.1) is 0 Å². The molecule has 0 aromatic heterocycles. The Labute approximate surface area is 102 Å². The quantitative estimate of drug-likeness (QED) is 0.823. The molecule has 2 nitrogen and oxygen atoms in total. The maximum absolute atomic E-state index is 12.8. The van der Waals surface area contributed by atoms with Crippen LogP contribution in [0.15, 0.2) is 18.2 Å². The first-order chi connectivity index (χ1) is 8.16. The van der Waals surface area contributed by atoms with Crippen molar-refractivity contribution in [2.24, 2.45) is 5.92 Å². The van der Waals surface area contributed by atoms with Gasteiger partial charge in [-0.3, -0.25) is 0 Å². The van der Waals surface area contributed by atoms with E-state index in [1.807, 2.05) is 6.92 Å². The predicted octanol–water partition coefficient (Wildman–Crippen LogP) is 3.37. The van der Waals surface area contributed by atoms with Crippen LogP contribution in [-0.2, 0) is 0 Å². The van der Waals surface area contributed by atoms with Crippen LogP contribution in [-0.4, -0.2) is 11.7 Å². The van der Waals surface area contributed by atoms with Crippen molar-refractivity contribution in [2.45, 2.75) is 38.6 Å². The number of nitrogens with one attached hydrogen (secondary N) is 1. The number of benzene rings is 1. The van der Waals surface area contributed by atoms with Gasteiger partial charge in [0.15, 0.2) is 0 Å². The Bertz CT molecular complexity index is 376. The molecule has 1 fully saturated rings. The molecule has 94 valence electrons. The summed E-state index contributed by atoms with van der Waals surface area (Å²) < 4.78 is 12.8. The van der Waals surface area contributed by atoms with E-state index in [1.165, 1.54) is 37.8 Å². The summed E-state index contributed by atoms with van der Waals surface area (Å²) in [6, 6.07) is 4.26. The number of hydrogen-bond acceptors (Lipinski definition) is 2. The van der Waals surface area contributed by atoms with E-state index in [9.17, 15) is 9.50 Å². The molecule has 3 heteroatoms. The molecular formula is C14H20FNO. The summed E-state index contributed by atoms with van der Waals surface area (Å²) in [5.74, 6) is 0.526. The molecule has 1 atom stereocenters. The molecule has 0 bridgehead atoms. The molecular weight excluding hydrogens is 217 g/mol. The molecule has 1 saturated carbocycles. The molecule has 2 rings (SSSR count). The first-order valence-electron chi connectivity index (χ1n) is 6.38. The molecule has 0 aliphatic heterocycles. The molecule has 1 aromatic rings. The van der Waals surface area contributed by atoms with Crippen LogP contribution in [0.3, 0.4) is 0 Å². The molecule has 0 spiro atoms. The minimum Gasteiger partial charge on any atom is -0.508 e. The maximum atomic E-state index is 12.8. The zero-order chi connectivity index (χ0) is 12.3. The molecule has 0 amide bonds. The van der Waals surface area contributed by atoms with E-state index in [0.717, 1.165) is 18.0 Å².